The average molecular weight is 218 g/mol. The number of carbonyl (C=O) groups excluding carboxylic acids is 1. The minimum Gasteiger partial charge on any atom is -0.382 e. The summed E-state index contributed by atoms with van der Waals surface area (Å²) in [5.74, 6) is -0.0885. The predicted molar refractivity (Wildman–Crippen MR) is 58.6 cm³/mol. The van der Waals surface area contributed by atoms with Crippen LogP contribution in [0, 0.1) is 0 Å². The molecule has 0 bridgehead atoms. The number of amides is 1. The van der Waals surface area contributed by atoms with Crippen molar-refractivity contribution in [3.8, 4) is 0 Å². The van der Waals surface area contributed by atoms with E-state index in [0.29, 0.717) is 32.8 Å². The number of rotatable bonds is 9. The van der Waals surface area contributed by atoms with Gasteiger partial charge in [0.05, 0.1) is 19.3 Å². The minimum atomic E-state index is -0.389. The first-order chi connectivity index (χ1) is 7.22. The van der Waals surface area contributed by atoms with Gasteiger partial charge < -0.3 is 20.5 Å². The van der Waals surface area contributed by atoms with E-state index in [9.17, 15) is 4.79 Å². The van der Waals surface area contributed by atoms with Gasteiger partial charge in [-0.3, -0.25) is 4.79 Å². The molecule has 15 heavy (non-hydrogen) atoms. The largest absolute Gasteiger partial charge is 0.382 e. The van der Waals surface area contributed by atoms with Gasteiger partial charge in [0.2, 0.25) is 5.91 Å². The molecular formula is C10H22N2O3. The van der Waals surface area contributed by atoms with Crippen LogP contribution in [0.15, 0.2) is 0 Å². The lowest BCUT2D eigenvalue weighted by Gasteiger charge is -2.09. The van der Waals surface area contributed by atoms with E-state index >= 15 is 0 Å². The van der Waals surface area contributed by atoms with E-state index in [1.54, 1.807) is 7.11 Å². The molecule has 0 heterocycles. The van der Waals surface area contributed by atoms with E-state index in [1.807, 2.05) is 6.92 Å². The lowest BCUT2D eigenvalue weighted by molar-refractivity contribution is -0.122. The molecule has 0 aromatic carbocycles. The molecule has 0 saturated carbocycles. The predicted octanol–water partition coefficient (Wildman–Crippen LogP) is -0.107. The van der Waals surface area contributed by atoms with Crippen molar-refractivity contribution in [3.05, 3.63) is 0 Å². The Kier molecular flexibility index (Phi) is 9.46. The van der Waals surface area contributed by atoms with Gasteiger partial charge in [0.1, 0.15) is 0 Å². The van der Waals surface area contributed by atoms with Crippen molar-refractivity contribution in [1.29, 1.82) is 0 Å². The normalized spacial score (nSPS) is 12.5. The number of carbonyl (C=O) groups is 1. The third-order valence-corrected chi connectivity index (χ3v) is 1.97. The number of hydrogen-bond acceptors (Lipinski definition) is 4. The molecule has 0 fully saturated rings. The fourth-order valence-electron chi connectivity index (χ4n) is 0.947. The smallest absolute Gasteiger partial charge is 0.236 e. The van der Waals surface area contributed by atoms with E-state index in [-0.39, 0.29) is 11.9 Å². The van der Waals surface area contributed by atoms with Crippen molar-refractivity contribution < 1.29 is 14.3 Å². The molecule has 90 valence electrons. The Morgan fingerprint density at radius 3 is 2.73 bits per heavy atom. The molecule has 0 aromatic heterocycles. The molecular weight excluding hydrogens is 196 g/mol. The Labute approximate surface area is 91.3 Å². The SMILES string of the molecule is CCC(N)C(=O)NCCCOCCOC. The second kappa shape index (κ2) is 9.89. The van der Waals surface area contributed by atoms with Crippen LogP contribution in [0.2, 0.25) is 0 Å². The Morgan fingerprint density at radius 1 is 1.40 bits per heavy atom. The summed E-state index contributed by atoms with van der Waals surface area (Å²) >= 11 is 0. The molecule has 1 atom stereocenters. The van der Waals surface area contributed by atoms with Gasteiger partial charge >= 0.3 is 0 Å². The monoisotopic (exact) mass is 218 g/mol. The summed E-state index contributed by atoms with van der Waals surface area (Å²) in [5, 5.41) is 2.75. The number of ether oxygens (including phenoxy) is 2. The quantitative estimate of drug-likeness (QED) is 0.530. The summed E-state index contributed by atoms with van der Waals surface area (Å²) in [4.78, 5) is 11.2. The Morgan fingerprint density at radius 2 is 2.13 bits per heavy atom. The number of nitrogens with two attached hydrogens (primary N) is 1. The Hall–Kier alpha value is -0.650. The molecule has 3 N–H and O–H groups in total. The first-order valence-electron chi connectivity index (χ1n) is 5.32. The van der Waals surface area contributed by atoms with E-state index in [1.165, 1.54) is 0 Å². The van der Waals surface area contributed by atoms with Crippen LogP contribution in [0.4, 0.5) is 0 Å². The van der Waals surface area contributed by atoms with Gasteiger partial charge in [0, 0.05) is 20.3 Å². The fourth-order valence-corrected chi connectivity index (χ4v) is 0.947. The number of hydrogen-bond donors (Lipinski definition) is 2. The molecule has 0 aliphatic rings. The molecule has 0 aromatic rings. The highest BCUT2D eigenvalue weighted by atomic mass is 16.5. The minimum absolute atomic E-state index is 0.0885. The zero-order chi connectivity index (χ0) is 11.5. The van der Waals surface area contributed by atoms with Crippen molar-refractivity contribution in [3.63, 3.8) is 0 Å². The molecule has 5 nitrogen and oxygen atoms in total. The topological polar surface area (TPSA) is 73.6 Å². The maximum atomic E-state index is 11.2. The zero-order valence-electron chi connectivity index (χ0n) is 9.62. The zero-order valence-corrected chi connectivity index (χ0v) is 9.62. The lowest BCUT2D eigenvalue weighted by Crippen LogP contribution is -2.40. The summed E-state index contributed by atoms with van der Waals surface area (Å²) in [7, 11) is 1.63. The standard InChI is InChI=1S/C10H22N2O3/c1-3-9(11)10(13)12-5-4-6-15-8-7-14-2/h9H,3-8,11H2,1-2H3,(H,12,13). The molecule has 1 amide bonds. The van der Waals surface area contributed by atoms with Crippen molar-refractivity contribution in [2.75, 3.05) is 33.5 Å². The molecule has 5 heteroatoms. The third kappa shape index (κ3) is 8.35. The van der Waals surface area contributed by atoms with Crippen LogP contribution in [0.1, 0.15) is 19.8 Å². The lowest BCUT2D eigenvalue weighted by atomic mass is 10.2. The number of nitrogens with one attached hydrogen (secondary N) is 1. The van der Waals surface area contributed by atoms with E-state index in [0.717, 1.165) is 6.42 Å². The van der Waals surface area contributed by atoms with Crippen LogP contribution in [0.5, 0.6) is 0 Å². The fraction of sp³-hybridized carbons (Fsp3) is 0.900. The maximum Gasteiger partial charge on any atom is 0.236 e. The molecule has 0 rings (SSSR count). The summed E-state index contributed by atoms with van der Waals surface area (Å²) in [6.07, 6.45) is 1.46. The van der Waals surface area contributed by atoms with Crippen LogP contribution in [0.25, 0.3) is 0 Å². The van der Waals surface area contributed by atoms with Gasteiger partial charge in [0.15, 0.2) is 0 Å². The molecule has 0 aliphatic heterocycles. The molecule has 0 saturated heterocycles. The third-order valence-electron chi connectivity index (χ3n) is 1.97. The average Bonchev–Trinajstić information content (AvgIpc) is 2.26. The van der Waals surface area contributed by atoms with E-state index < -0.39 is 0 Å². The highest BCUT2D eigenvalue weighted by Crippen LogP contribution is 1.86. The summed E-state index contributed by atoms with van der Waals surface area (Å²) in [6, 6.07) is -0.389. The van der Waals surface area contributed by atoms with Crippen LogP contribution in [-0.2, 0) is 14.3 Å². The highest BCUT2D eigenvalue weighted by molar-refractivity contribution is 5.81. The summed E-state index contributed by atoms with van der Waals surface area (Å²) in [6.45, 7) is 4.33. The van der Waals surface area contributed by atoms with E-state index in [4.69, 9.17) is 15.2 Å². The highest BCUT2D eigenvalue weighted by Gasteiger charge is 2.08. The maximum absolute atomic E-state index is 11.2. The van der Waals surface area contributed by atoms with Gasteiger partial charge in [-0.25, -0.2) is 0 Å². The van der Waals surface area contributed by atoms with Crippen molar-refractivity contribution in [2.45, 2.75) is 25.8 Å². The van der Waals surface area contributed by atoms with Gasteiger partial charge in [-0.1, -0.05) is 6.92 Å². The summed E-state index contributed by atoms with van der Waals surface area (Å²) in [5.41, 5.74) is 5.54. The van der Waals surface area contributed by atoms with Gasteiger partial charge in [-0.15, -0.1) is 0 Å². The molecule has 0 spiro atoms. The van der Waals surface area contributed by atoms with Crippen molar-refractivity contribution >= 4 is 5.91 Å². The summed E-state index contributed by atoms with van der Waals surface area (Å²) < 4.78 is 10.1. The van der Waals surface area contributed by atoms with Gasteiger partial charge in [-0.05, 0) is 12.8 Å². The molecule has 0 radical (unpaired) electrons. The second-order valence-corrected chi connectivity index (χ2v) is 3.26. The van der Waals surface area contributed by atoms with Crippen molar-refractivity contribution in [1.82, 2.24) is 5.32 Å². The van der Waals surface area contributed by atoms with E-state index in [2.05, 4.69) is 5.32 Å². The van der Waals surface area contributed by atoms with Crippen LogP contribution >= 0.6 is 0 Å². The van der Waals surface area contributed by atoms with Crippen LogP contribution < -0.4 is 11.1 Å². The number of methoxy groups -OCH3 is 1. The van der Waals surface area contributed by atoms with Crippen LogP contribution in [-0.4, -0.2) is 45.4 Å². The first-order valence-corrected chi connectivity index (χ1v) is 5.32. The first kappa shape index (κ1) is 14.3. The van der Waals surface area contributed by atoms with Crippen LogP contribution in [0.3, 0.4) is 0 Å². The molecule has 1 unspecified atom stereocenters. The second-order valence-electron chi connectivity index (χ2n) is 3.26. The van der Waals surface area contributed by atoms with Gasteiger partial charge in [0.25, 0.3) is 0 Å². The van der Waals surface area contributed by atoms with Crippen molar-refractivity contribution in [2.24, 2.45) is 5.73 Å². The Balaban J connectivity index is 3.20. The Bertz CT molecular complexity index is 165. The molecule has 0 aliphatic carbocycles. The van der Waals surface area contributed by atoms with Gasteiger partial charge in [-0.2, -0.15) is 0 Å².